The van der Waals surface area contributed by atoms with E-state index in [9.17, 15) is 13.2 Å². The molecule has 0 spiro atoms. The monoisotopic (exact) mass is 247 g/mol. The summed E-state index contributed by atoms with van der Waals surface area (Å²) in [4.78, 5) is 0. The molecular formula is C11H12F3NO2. The average Bonchev–Trinajstić information content (AvgIpc) is 2.29. The van der Waals surface area contributed by atoms with Crippen LogP contribution in [0.5, 0.6) is 0 Å². The molecule has 0 saturated carbocycles. The van der Waals surface area contributed by atoms with Gasteiger partial charge in [-0.1, -0.05) is 0 Å². The molecule has 6 heteroatoms. The van der Waals surface area contributed by atoms with Gasteiger partial charge in [0, 0.05) is 18.7 Å². The van der Waals surface area contributed by atoms with E-state index in [4.69, 9.17) is 9.47 Å². The summed E-state index contributed by atoms with van der Waals surface area (Å²) >= 11 is 0. The van der Waals surface area contributed by atoms with Crippen LogP contribution in [0.4, 0.5) is 18.9 Å². The Morgan fingerprint density at radius 2 is 1.94 bits per heavy atom. The zero-order chi connectivity index (χ0) is 12.3. The topological polar surface area (TPSA) is 30.5 Å². The third-order valence-corrected chi connectivity index (χ3v) is 2.48. The summed E-state index contributed by atoms with van der Waals surface area (Å²) in [5.74, 6) is -2.84. The van der Waals surface area contributed by atoms with E-state index in [0.717, 1.165) is 0 Å². The standard InChI is InChI=1S/C11H12F3NO2/c12-7-3-9(13)11(10(14)4-7)15-5-8-1-2-16-6-17-8/h3-4,8,15H,1-2,5-6H2. The molecule has 2 rings (SSSR count). The molecule has 0 bridgehead atoms. The van der Waals surface area contributed by atoms with Crippen molar-refractivity contribution >= 4 is 5.69 Å². The van der Waals surface area contributed by atoms with Gasteiger partial charge < -0.3 is 14.8 Å². The van der Waals surface area contributed by atoms with Crippen molar-refractivity contribution in [3.63, 3.8) is 0 Å². The minimum atomic E-state index is -0.949. The maximum absolute atomic E-state index is 13.3. The van der Waals surface area contributed by atoms with Crippen molar-refractivity contribution < 1.29 is 22.6 Å². The van der Waals surface area contributed by atoms with E-state index in [1.807, 2.05) is 0 Å². The van der Waals surface area contributed by atoms with Crippen molar-refractivity contribution in [2.45, 2.75) is 12.5 Å². The lowest BCUT2D eigenvalue weighted by molar-refractivity contribution is -0.133. The molecular weight excluding hydrogens is 235 g/mol. The number of nitrogens with one attached hydrogen (secondary N) is 1. The highest BCUT2D eigenvalue weighted by atomic mass is 19.1. The van der Waals surface area contributed by atoms with Gasteiger partial charge in [0.15, 0.2) is 11.6 Å². The first kappa shape index (κ1) is 12.2. The minimum absolute atomic E-state index is 0.160. The van der Waals surface area contributed by atoms with Gasteiger partial charge in [0.25, 0.3) is 0 Å². The fraction of sp³-hybridized carbons (Fsp3) is 0.455. The van der Waals surface area contributed by atoms with Crippen LogP contribution in [0.1, 0.15) is 6.42 Å². The Kier molecular flexibility index (Phi) is 3.86. The Bertz CT molecular complexity index is 371. The summed E-state index contributed by atoms with van der Waals surface area (Å²) in [6.45, 7) is 0.990. The van der Waals surface area contributed by atoms with Crippen LogP contribution >= 0.6 is 0 Å². The molecule has 0 aromatic heterocycles. The van der Waals surface area contributed by atoms with Gasteiger partial charge in [-0.25, -0.2) is 13.2 Å². The highest BCUT2D eigenvalue weighted by molar-refractivity contribution is 5.46. The van der Waals surface area contributed by atoms with E-state index in [0.29, 0.717) is 25.2 Å². The van der Waals surface area contributed by atoms with E-state index in [1.165, 1.54) is 0 Å². The molecule has 1 N–H and O–H groups in total. The Morgan fingerprint density at radius 3 is 2.53 bits per heavy atom. The van der Waals surface area contributed by atoms with Crippen molar-refractivity contribution in [3.05, 3.63) is 29.6 Å². The summed E-state index contributed by atoms with van der Waals surface area (Å²) < 4.78 is 49.3. The summed E-state index contributed by atoms with van der Waals surface area (Å²) in [5.41, 5.74) is -0.332. The molecule has 0 amide bonds. The Balaban J connectivity index is 1.98. The molecule has 94 valence electrons. The molecule has 1 atom stereocenters. The van der Waals surface area contributed by atoms with Crippen LogP contribution in [-0.4, -0.2) is 26.0 Å². The van der Waals surface area contributed by atoms with Crippen molar-refractivity contribution in [3.8, 4) is 0 Å². The summed E-state index contributed by atoms with van der Waals surface area (Å²) in [6.07, 6.45) is 0.491. The molecule has 3 nitrogen and oxygen atoms in total. The first-order chi connectivity index (χ1) is 8.16. The first-order valence-electron chi connectivity index (χ1n) is 5.24. The SMILES string of the molecule is Fc1cc(F)c(NCC2CCOCO2)c(F)c1. The summed E-state index contributed by atoms with van der Waals surface area (Å²) in [7, 11) is 0. The number of benzene rings is 1. The third kappa shape index (κ3) is 3.10. The van der Waals surface area contributed by atoms with Crippen LogP contribution < -0.4 is 5.32 Å². The minimum Gasteiger partial charge on any atom is -0.378 e. The molecule has 17 heavy (non-hydrogen) atoms. The van der Waals surface area contributed by atoms with E-state index >= 15 is 0 Å². The summed E-state index contributed by atoms with van der Waals surface area (Å²) in [5, 5.41) is 2.58. The normalized spacial score (nSPS) is 20.3. The van der Waals surface area contributed by atoms with Crippen molar-refractivity contribution in [1.82, 2.24) is 0 Å². The largest absolute Gasteiger partial charge is 0.378 e. The highest BCUT2D eigenvalue weighted by Gasteiger charge is 2.16. The maximum atomic E-state index is 13.3. The molecule has 0 radical (unpaired) electrons. The van der Waals surface area contributed by atoms with Crippen LogP contribution in [0.15, 0.2) is 12.1 Å². The second-order valence-corrected chi connectivity index (χ2v) is 3.73. The molecule has 1 saturated heterocycles. The second-order valence-electron chi connectivity index (χ2n) is 3.73. The van der Waals surface area contributed by atoms with Crippen LogP contribution in [0, 0.1) is 17.5 Å². The Labute approximate surface area is 96.5 Å². The number of anilines is 1. The Morgan fingerprint density at radius 1 is 1.24 bits per heavy atom. The highest BCUT2D eigenvalue weighted by Crippen LogP contribution is 2.20. The van der Waals surface area contributed by atoms with Crippen molar-refractivity contribution in [2.24, 2.45) is 0 Å². The van der Waals surface area contributed by atoms with E-state index in [1.54, 1.807) is 0 Å². The smallest absolute Gasteiger partial charge is 0.152 e. The predicted molar refractivity (Wildman–Crippen MR) is 55.1 cm³/mol. The number of rotatable bonds is 3. The molecule has 0 aliphatic carbocycles. The van der Waals surface area contributed by atoms with Crippen LogP contribution in [-0.2, 0) is 9.47 Å². The second kappa shape index (κ2) is 5.37. The molecule has 1 fully saturated rings. The van der Waals surface area contributed by atoms with Gasteiger partial charge >= 0.3 is 0 Å². The Hall–Kier alpha value is -1.27. The molecule has 1 heterocycles. The van der Waals surface area contributed by atoms with E-state index in [2.05, 4.69) is 5.32 Å². The van der Waals surface area contributed by atoms with Gasteiger partial charge in [-0.15, -0.1) is 0 Å². The van der Waals surface area contributed by atoms with Crippen LogP contribution in [0.25, 0.3) is 0 Å². The lowest BCUT2D eigenvalue weighted by atomic mass is 10.2. The first-order valence-corrected chi connectivity index (χ1v) is 5.24. The molecule has 1 aromatic rings. The third-order valence-electron chi connectivity index (χ3n) is 2.48. The average molecular weight is 247 g/mol. The van der Waals surface area contributed by atoms with Gasteiger partial charge in [-0.3, -0.25) is 0 Å². The van der Waals surface area contributed by atoms with E-state index < -0.39 is 17.5 Å². The molecule has 1 aromatic carbocycles. The lowest BCUT2D eigenvalue weighted by Gasteiger charge is -2.23. The zero-order valence-electron chi connectivity index (χ0n) is 9.01. The van der Waals surface area contributed by atoms with Crippen LogP contribution in [0.2, 0.25) is 0 Å². The fourth-order valence-electron chi connectivity index (χ4n) is 1.59. The van der Waals surface area contributed by atoms with E-state index in [-0.39, 0.29) is 25.1 Å². The van der Waals surface area contributed by atoms with Gasteiger partial charge in [0.1, 0.15) is 18.3 Å². The lowest BCUT2D eigenvalue weighted by Crippen LogP contribution is -2.30. The van der Waals surface area contributed by atoms with Gasteiger partial charge in [-0.05, 0) is 6.42 Å². The molecule has 1 aliphatic heterocycles. The van der Waals surface area contributed by atoms with Gasteiger partial charge in [0.2, 0.25) is 0 Å². The van der Waals surface area contributed by atoms with Gasteiger partial charge in [-0.2, -0.15) is 0 Å². The van der Waals surface area contributed by atoms with Crippen LogP contribution in [0.3, 0.4) is 0 Å². The van der Waals surface area contributed by atoms with Crippen molar-refractivity contribution in [1.29, 1.82) is 0 Å². The number of halogens is 3. The molecule has 1 aliphatic rings. The predicted octanol–water partition coefficient (Wildman–Crippen LogP) is 2.28. The number of hydrogen-bond donors (Lipinski definition) is 1. The fourth-order valence-corrected chi connectivity index (χ4v) is 1.59. The summed E-state index contributed by atoms with van der Waals surface area (Å²) in [6, 6.07) is 1.27. The quantitative estimate of drug-likeness (QED) is 0.888. The number of hydrogen-bond acceptors (Lipinski definition) is 3. The number of ether oxygens (including phenoxy) is 2. The van der Waals surface area contributed by atoms with Crippen molar-refractivity contribution in [2.75, 3.05) is 25.3 Å². The maximum Gasteiger partial charge on any atom is 0.152 e. The molecule has 1 unspecified atom stereocenters. The zero-order valence-corrected chi connectivity index (χ0v) is 9.01. The van der Waals surface area contributed by atoms with Gasteiger partial charge in [0.05, 0.1) is 12.7 Å².